The van der Waals surface area contributed by atoms with Gasteiger partial charge >= 0.3 is 0 Å². The summed E-state index contributed by atoms with van der Waals surface area (Å²) < 4.78 is 35.2. The molecule has 14 heteroatoms. The van der Waals surface area contributed by atoms with E-state index in [1.807, 2.05) is 19.9 Å². The van der Waals surface area contributed by atoms with Crippen LogP contribution < -0.4 is 9.47 Å². The van der Waals surface area contributed by atoms with Crippen LogP contribution in [0.4, 0.5) is 0 Å². The maximum Gasteiger partial charge on any atom is 0.203 e. The minimum Gasteiger partial charge on any atom is -0.507 e. The third-order valence-corrected chi connectivity index (χ3v) is 8.69. The highest BCUT2D eigenvalue weighted by Gasteiger charge is 2.52. The van der Waals surface area contributed by atoms with Crippen LogP contribution in [0.1, 0.15) is 55.3 Å². The number of allylic oxidation sites excluding steroid dienone is 2. The topological polar surface area (TPSA) is 214 Å². The molecule has 0 radical (unpaired) electrons. The van der Waals surface area contributed by atoms with Crippen molar-refractivity contribution >= 4 is 5.78 Å². The van der Waals surface area contributed by atoms with Crippen molar-refractivity contribution in [3.63, 3.8) is 0 Å². The summed E-state index contributed by atoms with van der Waals surface area (Å²) >= 11 is 0. The molecule has 2 fully saturated rings. The molecule has 0 aromatic heterocycles. The Morgan fingerprint density at radius 3 is 2.06 bits per heavy atom. The number of Topliss-reactive ketones (excluding diaryl/α,β-unsaturated/α-hetero) is 1. The Morgan fingerprint density at radius 1 is 0.830 bits per heavy atom. The lowest BCUT2D eigenvalue weighted by Crippen LogP contribution is -2.64. The van der Waals surface area contributed by atoms with Crippen molar-refractivity contribution in [1.29, 1.82) is 0 Å². The van der Waals surface area contributed by atoms with Gasteiger partial charge in [0.15, 0.2) is 24.8 Å². The fourth-order valence-corrected chi connectivity index (χ4v) is 5.86. The van der Waals surface area contributed by atoms with Crippen LogP contribution in [-0.4, -0.2) is 116 Å². The van der Waals surface area contributed by atoms with Crippen LogP contribution in [-0.2, 0) is 25.4 Å². The minimum absolute atomic E-state index is 0.0351. The van der Waals surface area contributed by atoms with E-state index in [1.165, 1.54) is 21.0 Å². The van der Waals surface area contributed by atoms with E-state index in [2.05, 4.69) is 0 Å². The van der Waals surface area contributed by atoms with Gasteiger partial charge in [-0.15, -0.1) is 0 Å². The summed E-state index contributed by atoms with van der Waals surface area (Å²) in [4.78, 5) is 14.3. The van der Waals surface area contributed by atoms with Crippen molar-refractivity contribution < 1.29 is 69.0 Å². The zero-order chi connectivity index (χ0) is 34.3. The molecule has 2 saturated heterocycles. The summed E-state index contributed by atoms with van der Waals surface area (Å²) in [5.74, 6) is -1.07. The number of benzene rings is 2. The first-order chi connectivity index (χ1) is 22.2. The summed E-state index contributed by atoms with van der Waals surface area (Å²) in [5, 5.41) is 74.4. The number of carbonyl (C=O) groups is 1. The molecule has 0 amide bonds. The van der Waals surface area contributed by atoms with Crippen molar-refractivity contribution in [3.8, 4) is 23.0 Å². The van der Waals surface area contributed by atoms with Gasteiger partial charge in [-0.3, -0.25) is 4.79 Å². The predicted octanol–water partition coefficient (Wildman–Crippen LogP) is 0.996. The fraction of sp³-hybridized carbons (Fsp3) is 0.545. The second kappa shape index (κ2) is 14.0. The summed E-state index contributed by atoms with van der Waals surface area (Å²) in [6.07, 6.45) is -15.5. The standard InChI is InChI=1S/C33H42O14/c1-13(2)6-11-18-19(34)12-20(35)21-24(38)30(28(45-29(18)21)16-7-9-17(42-5)10-8-16)46-33-31(26(40)23(37)15(4)44-33)47-32-27(41)25(39)22(36)14(3)43-32/h6-10,12,14-15,22-23,25-28,30-37,39-41H,11H2,1-5H3. The van der Waals surface area contributed by atoms with E-state index in [9.17, 15) is 40.5 Å². The molecule has 0 spiro atoms. The number of aliphatic hydroxyl groups excluding tert-OH is 5. The van der Waals surface area contributed by atoms with Crippen LogP contribution in [0.25, 0.3) is 0 Å². The summed E-state index contributed by atoms with van der Waals surface area (Å²) in [6, 6.07) is 7.63. The molecule has 5 rings (SSSR count). The average molecular weight is 663 g/mol. The molecule has 3 aliphatic rings. The minimum atomic E-state index is -1.76. The average Bonchev–Trinajstić information content (AvgIpc) is 3.03. The molecule has 3 aliphatic heterocycles. The molecule has 3 heterocycles. The Balaban J connectivity index is 1.55. The number of phenolic OH excluding ortho intramolecular Hbond substituents is 2. The Bertz CT molecular complexity index is 1460. The van der Waals surface area contributed by atoms with Gasteiger partial charge in [-0.05, 0) is 51.8 Å². The molecule has 258 valence electrons. The Morgan fingerprint density at radius 2 is 1.45 bits per heavy atom. The molecule has 12 atom stereocenters. The van der Waals surface area contributed by atoms with Crippen LogP contribution in [0.2, 0.25) is 0 Å². The smallest absolute Gasteiger partial charge is 0.203 e. The van der Waals surface area contributed by atoms with Crippen molar-refractivity contribution in [1.82, 2.24) is 0 Å². The van der Waals surface area contributed by atoms with E-state index in [-0.39, 0.29) is 29.0 Å². The molecular weight excluding hydrogens is 620 g/mol. The third kappa shape index (κ3) is 6.84. The molecule has 2 aromatic carbocycles. The van der Waals surface area contributed by atoms with Gasteiger partial charge in [0.1, 0.15) is 65.2 Å². The van der Waals surface area contributed by atoms with Crippen LogP contribution in [0.15, 0.2) is 42.0 Å². The van der Waals surface area contributed by atoms with Crippen molar-refractivity contribution in [3.05, 3.63) is 58.7 Å². The summed E-state index contributed by atoms with van der Waals surface area (Å²) in [6.45, 7) is 6.65. The van der Waals surface area contributed by atoms with E-state index in [0.29, 0.717) is 11.3 Å². The number of hydrogen-bond donors (Lipinski definition) is 7. The molecule has 47 heavy (non-hydrogen) atoms. The highest BCUT2D eigenvalue weighted by Crippen LogP contribution is 2.47. The SMILES string of the molecule is COc1ccc(C2Oc3c(CC=C(C)C)c(O)cc(O)c3C(=O)C2OC2OC(C)C(O)C(O)C2OC2OC(C)C(O)C(O)C2O)cc1. The molecule has 0 saturated carbocycles. The van der Waals surface area contributed by atoms with Gasteiger partial charge in [0, 0.05) is 11.6 Å². The van der Waals surface area contributed by atoms with Gasteiger partial charge in [0.2, 0.25) is 5.78 Å². The number of carbonyl (C=O) groups excluding carboxylic acids is 1. The van der Waals surface area contributed by atoms with E-state index in [1.54, 1.807) is 24.3 Å². The Labute approximate surface area is 271 Å². The molecule has 2 aromatic rings. The molecule has 0 bridgehead atoms. The van der Waals surface area contributed by atoms with Crippen LogP contribution in [0, 0.1) is 0 Å². The molecule has 12 unspecified atom stereocenters. The van der Waals surface area contributed by atoms with E-state index in [4.69, 9.17) is 28.4 Å². The lowest BCUT2D eigenvalue weighted by Gasteiger charge is -2.46. The van der Waals surface area contributed by atoms with Gasteiger partial charge in [-0.2, -0.15) is 0 Å². The van der Waals surface area contributed by atoms with Gasteiger partial charge in [-0.1, -0.05) is 23.8 Å². The number of aromatic hydroxyl groups is 2. The lowest BCUT2D eigenvalue weighted by atomic mass is 9.89. The summed E-state index contributed by atoms with van der Waals surface area (Å²) in [5.41, 5.74) is 1.42. The third-order valence-electron chi connectivity index (χ3n) is 8.69. The molecule has 0 aliphatic carbocycles. The zero-order valence-electron chi connectivity index (χ0n) is 26.6. The zero-order valence-corrected chi connectivity index (χ0v) is 26.6. The number of methoxy groups -OCH3 is 1. The predicted molar refractivity (Wildman–Crippen MR) is 162 cm³/mol. The van der Waals surface area contributed by atoms with Crippen LogP contribution >= 0.6 is 0 Å². The number of ketones is 1. The number of hydrogen-bond acceptors (Lipinski definition) is 14. The number of aliphatic hydroxyl groups is 5. The lowest BCUT2D eigenvalue weighted by molar-refractivity contribution is -0.366. The number of phenols is 2. The maximum absolute atomic E-state index is 14.3. The van der Waals surface area contributed by atoms with Crippen molar-refractivity contribution in [2.24, 2.45) is 0 Å². The van der Waals surface area contributed by atoms with Gasteiger partial charge in [-0.25, -0.2) is 0 Å². The Hall–Kier alpha value is -3.31. The monoisotopic (exact) mass is 662 g/mol. The molecule has 7 N–H and O–H groups in total. The fourth-order valence-electron chi connectivity index (χ4n) is 5.86. The highest BCUT2D eigenvalue weighted by molar-refractivity contribution is 6.06. The largest absolute Gasteiger partial charge is 0.507 e. The number of rotatable bonds is 8. The van der Waals surface area contributed by atoms with E-state index in [0.717, 1.165) is 11.6 Å². The first-order valence-electron chi connectivity index (χ1n) is 15.3. The van der Waals surface area contributed by atoms with E-state index >= 15 is 0 Å². The van der Waals surface area contributed by atoms with Crippen LogP contribution in [0.3, 0.4) is 0 Å². The first kappa shape index (κ1) is 35.0. The Kier molecular flexibility index (Phi) is 10.5. The number of fused-ring (bicyclic) bond motifs is 1. The van der Waals surface area contributed by atoms with E-state index < -0.39 is 85.2 Å². The second-order valence-electron chi connectivity index (χ2n) is 12.3. The first-order valence-corrected chi connectivity index (χ1v) is 15.3. The highest BCUT2D eigenvalue weighted by atomic mass is 16.8. The van der Waals surface area contributed by atoms with Gasteiger partial charge in [0.05, 0.1) is 19.3 Å². The van der Waals surface area contributed by atoms with Gasteiger partial charge in [0.25, 0.3) is 0 Å². The summed E-state index contributed by atoms with van der Waals surface area (Å²) in [7, 11) is 1.49. The van der Waals surface area contributed by atoms with Crippen molar-refractivity contribution in [2.45, 2.75) is 108 Å². The van der Waals surface area contributed by atoms with Crippen molar-refractivity contribution in [2.75, 3.05) is 7.11 Å². The van der Waals surface area contributed by atoms with Gasteiger partial charge < -0.3 is 64.2 Å². The quantitative estimate of drug-likeness (QED) is 0.197. The normalized spacial score (nSPS) is 35.5. The molecule has 14 nitrogen and oxygen atoms in total. The van der Waals surface area contributed by atoms with Crippen LogP contribution in [0.5, 0.6) is 23.0 Å². The number of ether oxygens (including phenoxy) is 6. The maximum atomic E-state index is 14.3. The second-order valence-corrected chi connectivity index (χ2v) is 12.3. The molecular formula is C33H42O14.